The molecular weight excluding hydrogens is 236 g/mol. The van der Waals surface area contributed by atoms with E-state index in [1.807, 2.05) is 19.2 Å². The highest BCUT2D eigenvalue weighted by atomic mass is 16.3. The quantitative estimate of drug-likeness (QED) is 0.795. The van der Waals surface area contributed by atoms with E-state index in [9.17, 15) is 5.11 Å². The third kappa shape index (κ3) is 3.48. The molecule has 0 aromatic heterocycles. The monoisotopic (exact) mass is 264 g/mol. The van der Waals surface area contributed by atoms with E-state index in [4.69, 9.17) is 0 Å². The van der Waals surface area contributed by atoms with E-state index >= 15 is 0 Å². The Morgan fingerprint density at radius 2 is 1.68 bits per heavy atom. The molecule has 0 aliphatic carbocycles. The van der Waals surface area contributed by atoms with Crippen molar-refractivity contribution in [3.63, 3.8) is 0 Å². The second kappa shape index (κ2) is 6.92. The Morgan fingerprint density at radius 1 is 1.16 bits per heavy atom. The highest BCUT2D eigenvalue weighted by Gasteiger charge is 2.36. The van der Waals surface area contributed by atoms with Crippen LogP contribution in [-0.4, -0.2) is 42.7 Å². The van der Waals surface area contributed by atoms with Crippen molar-refractivity contribution in [1.29, 1.82) is 0 Å². The van der Waals surface area contributed by atoms with Crippen LogP contribution in [0.1, 0.15) is 32.3 Å². The van der Waals surface area contributed by atoms with Crippen LogP contribution in [0.4, 0.5) is 0 Å². The van der Waals surface area contributed by atoms with Crippen molar-refractivity contribution in [3.05, 3.63) is 29.8 Å². The molecule has 1 aromatic rings. The zero-order valence-electron chi connectivity index (χ0n) is 12.9. The summed E-state index contributed by atoms with van der Waals surface area (Å²) in [7, 11) is 6.36. The highest BCUT2D eigenvalue weighted by Crippen LogP contribution is 2.28. The van der Waals surface area contributed by atoms with Crippen molar-refractivity contribution in [1.82, 2.24) is 10.2 Å². The van der Waals surface area contributed by atoms with E-state index in [1.54, 1.807) is 12.1 Å². The van der Waals surface area contributed by atoms with Gasteiger partial charge in [0, 0.05) is 11.6 Å². The fraction of sp³-hybridized carbons (Fsp3) is 0.625. The number of likely N-dealkylation sites (N-methyl/N-ethyl adjacent to an activating group) is 2. The van der Waals surface area contributed by atoms with Gasteiger partial charge in [-0.2, -0.15) is 0 Å². The number of hydrogen-bond acceptors (Lipinski definition) is 3. The molecule has 0 heterocycles. The van der Waals surface area contributed by atoms with Crippen LogP contribution in [0.2, 0.25) is 0 Å². The Balaban J connectivity index is 2.95. The average Bonchev–Trinajstić information content (AvgIpc) is 2.41. The summed E-state index contributed by atoms with van der Waals surface area (Å²) in [6, 6.07) is 7.92. The lowest BCUT2D eigenvalue weighted by Crippen LogP contribution is -2.58. The fourth-order valence-corrected chi connectivity index (χ4v) is 3.12. The summed E-state index contributed by atoms with van der Waals surface area (Å²) in [5, 5.41) is 12.8. The molecule has 1 unspecified atom stereocenters. The zero-order chi connectivity index (χ0) is 14.5. The van der Waals surface area contributed by atoms with Crippen molar-refractivity contribution < 1.29 is 5.11 Å². The number of hydrogen-bond donors (Lipinski definition) is 2. The van der Waals surface area contributed by atoms with Gasteiger partial charge in [-0.15, -0.1) is 0 Å². The molecule has 2 N–H and O–H groups in total. The molecule has 3 heteroatoms. The van der Waals surface area contributed by atoms with E-state index in [1.165, 1.54) is 5.56 Å². The van der Waals surface area contributed by atoms with Gasteiger partial charge >= 0.3 is 0 Å². The number of benzene rings is 1. The normalized spacial score (nSPS) is 13.8. The Kier molecular flexibility index (Phi) is 5.83. The van der Waals surface area contributed by atoms with E-state index < -0.39 is 0 Å². The summed E-state index contributed by atoms with van der Waals surface area (Å²) in [6.45, 7) is 4.51. The van der Waals surface area contributed by atoms with Crippen molar-refractivity contribution in [2.45, 2.75) is 44.7 Å². The van der Waals surface area contributed by atoms with E-state index in [2.05, 4.69) is 38.2 Å². The van der Waals surface area contributed by atoms with Crippen LogP contribution in [0.3, 0.4) is 0 Å². The van der Waals surface area contributed by atoms with Crippen molar-refractivity contribution in [2.24, 2.45) is 0 Å². The van der Waals surface area contributed by atoms with Crippen LogP contribution in [0.15, 0.2) is 24.3 Å². The van der Waals surface area contributed by atoms with Gasteiger partial charge in [-0.1, -0.05) is 26.0 Å². The number of phenolic OH excluding ortho intramolecular Hbond substituents is 1. The van der Waals surface area contributed by atoms with Gasteiger partial charge < -0.3 is 15.3 Å². The first-order valence-corrected chi connectivity index (χ1v) is 7.12. The van der Waals surface area contributed by atoms with Crippen LogP contribution < -0.4 is 5.32 Å². The van der Waals surface area contributed by atoms with Crippen molar-refractivity contribution >= 4 is 0 Å². The number of phenols is 1. The molecule has 1 aromatic carbocycles. The highest BCUT2D eigenvalue weighted by molar-refractivity contribution is 5.27. The molecule has 1 rings (SSSR count). The summed E-state index contributed by atoms with van der Waals surface area (Å²) in [6.07, 6.45) is 3.19. The van der Waals surface area contributed by atoms with Gasteiger partial charge in [0.05, 0.1) is 0 Å². The molecule has 0 spiro atoms. The smallest absolute Gasteiger partial charge is 0.115 e. The topological polar surface area (TPSA) is 35.5 Å². The first kappa shape index (κ1) is 16.0. The second-order valence-electron chi connectivity index (χ2n) is 5.42. The first-order valence-electron chi connectivity index (χ1n) is 7.12. The van der Waals surface area contributed by atoms with Gasteiger partial charge in [-0.25, -0.2) is 0 Å². The van der Waals surface area contributed by atoms with Gasteiger partial charge in [0.15, 0.2) is 0 Å². The Bertz CT molecular complexity index is 369. The predicted octanol–water partition coefficient (Wildman–Crippen LogP) is 2.64. The maximum Gasteiger partial charge on any atom is 0.115 e. The van der Waals surface area contributed by atoms with Gasteiger partial charge in [0.25, 0.3) is 0 Å². The molecule has 0 amide bonds. The van der Waals surface area contributed by atoms with Crippen LogP contribution in [0, 0.1) is 0 Å². The van der Waals surface area contributed by atoms with Crippen LogP contribution in [0.5, 0.6) is 5.75 Å². The maximum absolute atomic E-state index is 9.36. The molecule has 1 atom stereocenters. The van der Waals surface area contributed by atoms with E-state index in [0.717, 1.165) is 19.3 Å². The van der Waals surface area contributed by atoms with Crippen molar-refractivity contribution in [2.75, 3.05) is 21.1 Å². The summed E-state index contributed by atoms with van der Waals surface area (Å²) in [5.41, 5.74) is 1.41. The summed E-state index contributed by atoms with van der Waals surface area (Å²) in [4.78, 5) is 2.34. The summed E-state index contributed by atoms with van der Waals surface area (Å²) >= 11 is 0. The van der Waals surface area contributed by atoms with Gasteiger partial charge in [-0.3, -0.25) is 0 Å². The number of rotatable bonds is 7. The third-order valence-corrected chi connectivity index (χ3v) is 4.49. The predicted molar refractivity (Wildman–Crippen MR) is 81.7 cm³/mol. The largest absolute Gasteiger partial charge is 0.508 e. The van der Waals surface area contributed by atoms with Gasteiger partial charge in [0.1, 0.15) is 5.75 Å². The molecule has 0 saturated carbocycles. The van der Waals surface area contributed by atoms with Gasteiger partial charge in [0.2, 0.25) is 0 Å². The van der Waals surface area contributed by atoms with Crippen LogP contribution in [-0.2, 0) is 6.42 Å². The fourth-order valence-electron chi connectivity index (χ4n) is 3.12. The SMILES string of the molecule is CCC(CC)(C(Cc1ccc(O)cc1)NC)N(C)C. The second-order valence-corrected chi connectivity index (χ2v) is 5.42. The van der Waals surface area contributed by atoms with Crippen molar-refractivity contribution in [3.8, 4) is 5.75 Å². The summed E-state index contributed by atoms with van der Waals surface area (Å²) in [5.74, 6) is 0.328. The molecular formula is C16H28N2O. The van der Waals surface area contributed by atoms with Crippen LogP contribution in [0.25, 0.3) is 0 Å². The summed E-state index contributed by atoms with van der Waals surface area (Å²) < 4.78 is 0. The minimum absolute atomic E-state index is 0.159. The lowest BCUT2D eigenvalue weighted by atomic mass is 9.80. The molecule has 0 aliphatic rings. The Hall–Kier alpha value is -1.06. The van der Waals surface area contributed by atoms with E-state index in [0.29, 0.717) is 11.8 Å². The molecule has 0 fully saturated rings. The molecule has 108 valence electrons. The van der Waals surface area contributed by atoms with Crippen LogP contribution >= 0.6 is 0 Å². The standard InChI is InChI=1S/C16H28N2O/c1-6-16(7-2,18(4)5)15(17-3)12-13-8-10-14(19)11-9-13/h8-11,15,17,19H,6-7,12H2,1-5H3. The van der Waals surface area contributed by atoms with Gasteiger partial charge in [-0.05, 0) is 58.1 Å². The maximum atomic E-state index is 9.36. The third-order valence-electron chi connectivity index (χ3n) is 4.49. The zero-order valence-corrected chi connectivity index (χ0v) is 12.9. The average molecular weight is 264 g/mol. The molecule has 19 heavy (non-hydrogen) atoms. The number of nitrogens with zero attached hydrogens (tertiary/aromatic N) is 1. The first-order chi connectivity index (χ1) is 9.00. The lowest BCUT2D eigenvalue weighted by molar-refractivity contribution is 0.0917. The minimum atomic E-state index is 0.159. The lowest BCUT2D eigenvalue weighted by Gasteiger charge is -2.45. The molecule has 3 nitrogen and oxygen atoms in total. The minimum Gasteiger partial charge on any atom is -0.508 e. The van der Waals surface area contributed by atoms with E-state index in [-0.39, 0.29) is 5.54 Å². The number of aromatic hydroxyl groups is 1. The molecule has 0 saturated heterocycles. The molecule has 0 bridgehead atoms. The molecule has 0 radical (unpaired) electrons. The Morgan fingerprint density at radius 3 is 2.05 bits per heavy atom. The Labute approximate surface area is 117 Å². The number of nitrogens with one attached hydrogen (secondary N) is 1. The molecule has 0 aliphatic heterocycles.